The van der Waals surface area contributed by atoms with Crippen molar-refractivity contribution in [3.05, 3.63) is 54.1 Å². The van der Waals surface area contributed by atoms with E-state index in [0.717, 1.165) is 29.7 Å². The molecule has 1 amide bonds. The zero-order valence-electron chi connectivity index (χ0n) is 18.6. The third-order valence-electron chi connectivity index (χ3n) is 5.90. The number of ether oxygens (including phenoxy) is 2. The summed E-state index contributed by atoms with van der Waals surface area (Å²) in [5.41, 5.74) is 2.84. The fourth-order valence-electron chi connectivity index (χ4n) is 4.29. The lowest BCUT2D eigenvalue weighted by molar-refractivity contribution is 0.0729. The molecule has 5 rings (SSSR count). The lowest BCUT2D eigenvalue weighted by Gasteiger charge is -2.24. The van der Waals surface area contributed by atoms with Gasteiger partial charge in [-0.15, -0.1) is 11.8 Å². The number of amides is 1. The lowest BCUT2D eigenvalue weighted by atomic mass is 10.1. The number of likely N-dealkylation sites (tertiary alicyclic amines) is 1. The van der Waals surface area contributed by atoms with E-state index in [0.29, 0.717) is 29.3 Å². The molecular weight excluding hydrogens is 440 g/mol. The number of hydrogen-bond donors (Lipinski definition) is 1. The number of carbonyl (C=O) groups excluding carboxylic acids is 1. The molecule has 2 aromatic heterocycles. The molecule has 0 aliphatic carbocycles. The molecule has 9 nitrogen and oxygen atoms in total. The maximum Gasteiger partial charge on any atom is 0.256 e. The van der Waals surface area contributed by atoms with Gasteiger partial charge in [0.2, 0.25) is 0 Å². The summed E-state index contributed by atoms with van der Waals surface area (Å²) in [7, 11) is 3.11. The van der Waals surface area contributed by atoms with Crippen molar-refractivity contribution in [3.8, 4) is 17.2 Å². The molecule has 1 atom stereocenters. The Balaban J connectivity index is 1.55. The first-order valence-corrected chi connectivity index (χ1v) is 11.8. The quantitative estimate of drug-likeness (QED) is 0.433. The SMILES string of the molecule is COc1cc(C(=O)N2CCC[C@H]2c2nc3ccc(SC)cc3[nH]2)c(-n2nccn2)cc1OC. The predicted octanol–water partition coefficient (Wildman–Crippen LogP) is 3.86. The first-order valence-electron chi connectivity index (χ1n) is 10.6. The normalized spacial score (nSPS) is 15.8. The summed E-state index contributed by atoms with van der Waals surface area (Å²) in [6.07, 6.45) is 6.92. The first-order chi connectivity index (χ1) is 16.1. The fourth-order valence-corrected chi connectivity index (χ4v) is 4.73. The summed E-state index contributed by atoms with van der Waals surface area (Å²) in [5.74, 6) is 1.64. The number of H-pyrrole nitrogens is 1. The monoisotopic (exact) mass is 464 g/mol. The van der Waals surface area contributed by atoms with Gasteiger partial charge in [-0.1, -0.05) is 0 Å². The molecule has 1 aliphatic rings. The molecule has 0 spiro atoms. The highest BCUT2D eigenvalue weighted by Gasteiger charge is 2.34. The van der Waals surface area contributed by atoms with Crippen molar-refractivity contribution in [1.82, 2.24) is 29.9 Å². The molecular formula is C23H24N6O3S. The first kappa shape index (κ1) is 21.3. The molecule has 0 bridgehead atoms. The molecule has 1 N–H and O–H groups in total. The minimum atomic E-state index is -0.144. The Morgan fingerprint density at radius 1 is 1.12 bits per heavy atom. The molecule has 33 heavy (non-hydrogen) atoms. The maximum absolute atomic E-state index is 13.8. The van der Waals surface area contributed by atoms with Gasteiger partial charge in [-0.05, 0) is 43.4 Å². The molecule has 2 aromatic carbocycles. The number of aromatic amines is 1. The Bertz CT molecular complexity index is 1300. The van der Waals surface area contributed by atoms with Crippen LogP contribution >= 0.6 is 11.8 Å². The number of hydrogen-bond acceptors (Lipinski definition) is 7. The van der Waals surface area contributed by atoms with Gasteiger partial charge in [0.1, 0.15) is 11.5 Å². The van der Waals surface area contributed by atoms with Crippen LogP contribution in [0, 0.1) is 0 Å². The highest BCUT2D eigenvalue weighted by molar-refractivity contribution is 7.98. The largest absolute Gasteiger partial charge is 0.493 e. The molecule has 0 saturated carbocycles. The van der Waals surface area contributed by atoms with Crippen molar-refractivity contribution < 1.29 is 14.3 Å². The average molecular weight is 465 g/mol. The second-order valence-electron chi connectivity index (χ2n) is 7.70. The lowest BCUT2D eigenvalue weighted by Crippen LogP contribution is -2.32. The van der Waals surface area contributed by atoms with Crippen molar-refractivity contribution in [2.75, 3.05) is 27.0 Å². The van der Waals surface area contributed by atoms with E-state index in [1.165, 1.54) is 9.69 Å². The molecule has 0 radical (unpaired) electrons. The third-order valence-corrected chi connectivity index (χ3v) is 6.63. The fraction of sp³-hybridized carbons (Fsp3) is 0.304. The Morgan fingerprint density at radius 3 is 2.61 bits per heavy atom. The van der Waals surface area contributed by atoms with Crippen molar-refractivity contribution >= 4 is 28.7 Å². The Labute approximate surface area is 195 Å². The van der Waals surface area contributed by atoms with E-state index < -0.39 is 0 Å². The molecule has 1 aliphatic heterocycles. The van der Waals surface area contributed by atoms with E-state index in [9.17, 15) is 4.79 Å². The van der Waals surface area contributed by atoms with Gasteiger partial charge in [0, 0.05) is 17.5 Å². The number of imidazole rings is 1. The van der Waals surface area contributed by atoms with Crippen LogP contribution in [0.3, 0.4) is 0 Å². The number of nitrogens with one attached hydrogen (secondary N) is 1. The molecule has 1 saturated heterocycles. The van der Waals surface area contributed by atoms with Gasteiger partial charge in [-0.3, -0.25) is 4.79 Å². The smallest absolute Gasteiger partial charge is 0.256 e. The summed E-state index contributed by atoms with van der Waals surface area (Å²) in [6, 6.07) is 9.43. The van der Waals surface area contributed by atoms with Crippen LogP contribution in [0.4, 0.5) is 0 Å². The van der Waals surface area contributed by atoms with Crippen molar-refractivity contribution in [3.63, 3.8) is 0 Å². The topological polar surface area (TPSA) is 98.2 Å². The number of aromatic nitrogens is 5. The van der Waals surface area contributed by atoms with E-state index in [2.05, 4.69) is 27.3 Å². The molecule has 170 valence electrons. The standard InChI is InChI=1S/C23H24N6O3S/c1-31-20-12-15(19(13-21(20)32-2)29-24-8-9-25-29)23(30)28-10-4-5-18(28)22-26-16-7-6-14(33-3)11-17(16)27-22/h6-9,11-13,18H,4-5,10H2,1-3H3,(H,26,27)/t18-/m0/s1. The van der Waals surface area contributed by atoms with Crippen LogP contribution in [-0.4, -0.2) is 62.8 Å². The highest BCUT2D eigenvalue weighted by Crippen LogP contribution is 2.37. The van der Waals surface area contributed by atoms with Gasteiger partial charge in [0.05, 0.1) is 49.3 Å². The van der Waals surface area contributed by atoms with Gasteiger partial charge in [-0.25, -0.2) is 4.98 Å². The van der Waals surface area contributed by atoms with E-state index in [4.69, 9.17) is 14.5 Å². The minimum absolute atomic E-state index is 0.129. The van der Waals surface area contributed by atoms with Crippen LogP contribution in [0.25, 0.3) is 16.7 Å². The second-order valence-corrected chi connectivity index (χ2v) is 8.58. The zero-order valence-corrected chi connectivity index (χ0v) is 19.4. The van der Waals surface area contributed by atoms with Crippen molar-refractivity contribution in [2.45, 2.75) is 23.8 Å². The van der Waals surface area contributed by atoms with Gasteiger partial charge in [-0.2, -0.15) is 15.0 Å². The number of benzene rings is 2. The number of carbonyl (C=O) groups is 1. The number of methoxy groups -OCH3 is 2. The van der Waals surface area contributed by atoms with E-state index >= 15 is 0 Å². The number of fused-ring (bicyclic) bond motifs is 1. The molecule has 1 fully saturated rings. The Morgan fingerprint density at radius 2 is 1.88 bits per heavy atom. The molecule has 4 aromatic rings. The van der Waals surface area contributed by atoms with Gasteiger partial charge in [0.15, 0.2) is 11.5 Å². The molecule has 3 heterocycles. The van der Waals surface area contributed by atoms with E-state index in [1.54, 1.807) is 50.5 Å². The highest BCUT2D eigenvalue weighted by atomic mass is 32.2. The summed E-state index contributed by atoms with van der Waals surface area (Å²) < 4.78 is 10.9. The van der Waals surface area contributed by atoms with Crippen LogP contribution in [0.15, 0.2) is 47.6 Å². The van der Waals surface area contributed by atoms with E-state index in [-0.39, 0.29) is 11.9 Å². The summed E-state index contributed by atoms with van der Waals surface area (Å²) in [4.78, 5) is 26.5. The van der Waals surface area contributed by atoms with Gasteiger partial charge >= 0.3 is 0 Å². The Hall–Kier alpha value is -3.53. The van der Waals surface area contributed by atoms with Crippen LogP contribution in [0.1, 0.15) is 35.1 Å². The average Bonchev–Trinajstić information content (AvgIpc) is 3.62. The predicted molar refractivity (Wildman–Crippen MR) is 125 cm³/mol. The van der Waals surface area contributed by atoms with Crippen molar-refractivity contribution in [1.29, 1.82) is 0 Å². The number of thioether (sulfide) groups is 1. The van der Waals surface area contributed by atoms with Gasteiger partial charge < -0.3 is 19.4 Å². The van der Waals surface area contributed by atoms with Crippen LogP contribution in [0.2, 0.25) is 0 Å². The minimum Gasteiger partial charge on any atom is -0.493 e. The number of rotatable bonds is 6. The zero-order chi connectivity index (χ0) is 22.9. The Kier molecular flexibility index (Phi) is 5.67. The van der Waals surface area contributed by atoms with Crippen LogP contribution in [-0.2, 0) is 0 Å². The second kappa shape index (κ2) is 8.78. The third kappa shape index (κ3) is 3.80. The molecule has 10 heteroatoms. The summed E-state index contributed by atoms with van der Waals surface area (Å²) >= 11 is 1.69. The maximum atomic E-state index is 13.8. The van der Waals surface area contributed by atoms with E-state index in [1.807, 2.05) is 17.2 Å². The van der Waals surface area contributed by atoms with Crippen LogP contribution < -0.4 is 9.47 Å². The molecule has 0 unspecified atom stereocenters. The van der Waals surface area contributed by atoms with Gasteiger partial charge in [0.25, 0.3) is 5.91 Å². The number of nitrogens with zero attached hydrogens (tertiary/aromatic N) is 5. The van der Waals surface area contributed by atoms with Crippen molar-refractivity contribution in [2.24, 2.45) is 0 Å². The summed E-state index contributed by atoms with van der Waals surface area (Å²) in [5, 5.41) is 8.45. The van der Waals surface area contributed by atoms with Crippen LogP contribution in [0.5, 0.6) is 11.5 Å². The summed E-state index contributed by atoms with van der Waals surface area (Å²) in [6.45, 7) is 0.636.